The van der Waals surface area contributed by atoms with Crippen molar-refractivity contribution in [1.29, 1.82) is 0 Å². The van der Waals surface area contributed by atoms with Gasteiger partial charge in [0.15, 0.2) is 0 Å². The van der Waals surface area contributed by atoms with Gasteiger partial charge in [0.25, 0.3) is 0 Å². The fourth-order valence-electron chi connectivity index (χ4n) is 2.75. The van der Waals surface area contributed by atoms with Gasteiger partial charge >= 0.3 is 12.1 Å². The minimum absolute atomic E-state index is 0.123. The monoisotopic (exact) mass is 361 g/mol. The molecule has 6 nitrogen and oxygen atoms in total. The second-order valence-electron chi connectivity index (χ2n) is 8.25. The minimum Gasteiger partial charge on any atom is -0.460 e. The Hall–Kier alpha value is -2.37. The number of hydrogen-bond donors (Lipinski definition) is 0. The third-order valence-corrected chi connectivity index (χ3v) is 4.09. The number of carbonyl (C=O) groups is 3. The summed E-state index contributed by atoms with van der Waals surface area (Å²) in [7, 11) is 0. The maximum atomic E-state index is 12.8. The van der Waals surface area contributed by atoms with Crippen molar-refractivity contribution in [1.82, 2.24) is 4.90 Å². The van der Waals surface area contributed by atoms with Crippen LogP contribution in [0, 0.1) is 5.41 Å². The van der Waals surface area contributed by atoms with Gasteiger partial charge in [-0.3, -0.25) is 9.59 Å². The van der Waals surface area contributed by atoms with Crippen molar-refractivity contribution in [2.24, 2.45) is 5.41 Å². The number of esters is 1. The Morgan fingerprint density at radius 3 is 2.35 bits per heavy atom. The maximum absolute atomic E-state index is 12.8. The number of cyclic esters (lactones) is 1. The lowest BCUT2D eigenvalue weighted by Gasteiger charge is -2.29. The molecule has 0 N–H and O–H groups in total. The molecule has 2 amide bonds. The predicted molar refractivity (Wildman–Crippen MR) is 96.4 cm³/mol. The van der Waals surface area contributed by atoms with E-state index in [0.717, 1.165) is 10.5 Å². The zero-order chi connectivity index (χ0) is 19.5. The quantitative estimate of drug-likeness (QED) is 0.752. The smallest absolute Gasteiger partial charge is 0.416 e. The van der Waals surface area contributed by atoms with Crippen molar-refractivity contribution in [2.45, 2.75) is 59.1 Å². The van der Waals surface area contributed by atoms with Crippen LogP contribution < -0.4 is 0 Å². The maximum Gasteiger partial charge on any atom is 0.416 e. The van der Waals surface area contributed by atoms with Gasteiger partial charge in [0.2, 0.25) is 5.91 Å². The Morgan fingerprint density at radius 2 is 1.77 bits per heavy atom. The van der Waals surface area contributed by atoms with Crippen LogP contribution >= 0.6 is 0 Å². The second-order valence-corrected chi connectivity index (χ2v) is 8.25. The van der Waals surface area contributed by atoms with Crippen LogP contribution in [0.2, 0.25) is 0 Å². The molecular formula is C20H27NO5. The lowest BCUT2D eigenvalue weighted by molar-refractivity contribution is -0.167. The largest absolute Gasteiger partial charge is 0.460 e. The summed E-state index contributed by atoms with van der Waals surface area (Å²) in [6.07, 6.45) is -0.260. The molecule has 142 valence electrons. The number of ether oxygens (including phenoxy) is 2. The molecule has 1 aromatic rings. The molecule has 1 heterocycles. The summed E-state index contributed by atoms with van der Waals surface area (Å²) in [4.78, 5) is 38.3. The normalized spacial score (nSPS) is 17.8. The van der Waals surface area contributed by atoms with Crippen molar-refractivity contribution >= 4 is 18.0 Å². The topological polar surface area (TPSA) is 72.9 Å². The van der Waals surface area contributed by atoms with Crippen LogP contribution in [0.25, 0.3) is 0 Å². The highest BCUT2D eigenvalue weighted by molar-refractivity contribution is 5.96. The van der Waals surface area contributed by atoms with Gasteiger partial charge in [-0.25, -0.2) is 9.69 Å². The van der Waals surface area contributed by atoms with Gasteiger partial charge in [0.05, 0.1) is 11.5 Å². The molecule has 1 fully saturated rings. The first-order valence-electron chi connectivity index (χ1n) is 8.76. The lowest BCUT2D eigenvalue weighted by atomic mass is 9.88. The highest BCUT2D eigenvalue weighted by Gasteiger charge is 2.42. The molecule has 0 aromatic heterocycles. The van der Waals surface area contributed by atoms with E-state index in [4.69, 9.17) is 9.47 Å². The molecule has 1 saturated heterocycles. The van der Waals surface area contributed by atoms with Crippen LogP contribution in [0.15, 0.2) is 30.3 Å². The first-order chi connectivity index (χ1) is 12.0. The van der Waals surface area contributed by atoms with Gasteiger partial charge in [0, 0.05) is 6.42 Å². The van der Waals surface area contributed by atoms with Gasteiger partial charge in [0.1, 0.15) is 12.2 Å². The van der Waals surface area contributed by atoms with Crippen LogP contribution in [-0.4, -0.2) is 41.1 Å². The van der Waals surface area contributed by atoms with Crippen molar-refractivity contribution in [3.8, 4) is 0 Å². The van der Waals surface area contributed by atoms with Crippen LogP contribution in [0.1, 0.15) is 46.6 Å². The molecule has 1 aromatic carbocycles. The van der Waals surface area contributed by atoms with E-state index < -0.39 is 29.0 Å². The van der Waals surface area contributed by atoms with Crippen LogP contribution in [0.4, 0.5) is 4.79 Å². The number of imide groups is 1. The van der Waals surface area contributed by atoms with Crippen molar-refractivity contribution in [3.05, 3.63) is 35.9 Å². The van der Waals surface area contributed by atoms with E-state index in [0.29, 0.717) is 6.42 Å². The average molecular weight is 361 g/mol. The molecule has 0 bridgehead atoms. The van der Waals surface area contributed by atoms with Gasteiger partial charge in [-0.1, -0.05) is 30.3 Å². The Labute approximate surface area is 154 Å². The Balaban J connectivity index is 2.08. The van der Waals surface area contributed by atoms with E-state index in [-0.39, 0.29) is 19.1 Å². The molecule has 0 saturated carbocycles. The number of hydrogen-bond acceptors (Lipinski definition) is 5. The van der Waals surface area contributed by atoms with E-state index in [1.165, 1.54) is 0 Å². The van der Waals surface area contributed by atoms with E-state index in [2.05, 4.69) is 0 Å². The van der Waals surface area contributed by atoms with Crippen LogP contribution in [-0.2, 0) is 25.5 Å². The zero-order valence-corrected chi connectivity index (χ0v) is 16.1. The molecule has 6 heteroatoms. The zero-order valence-electron chi connectivity index (χ0n) is 16.1. The summed E-state index contributed by atoms with van der Waals surface area (Å²) >= 11 is 0. The van der Waals surface area contributed by atoms with Crippen molar-refractivity contribution < 1.29 is 23.9 Å². The highest BCUT2D eigenvalue weighted by atomic mass is 16.6. The third kappa shape index (κ3) is 5.07. The minimum atomic E-state index is -1.04. The van der Waals surface area contributed by atoms with Crippen molar-refractivity contribution in [2.75, 3.05) is 6.61 Å². The molecule has 1 atom stereocenters. The fraction of sp³-hybridized carbons (Fsp3) is 0.550. The lowest BCUT2D eigenvalue weighted by Crippen LogP contribution is -2.44. The van der Waals surface area contributed by atoms with Crippen LogP contribution in [0.3, 0.4) is 0 Å². The number of benzene rings is 1. The first kappa shape index (κ1) is 19.9. The molecular weight excluding hydrogens is 334 g/mol. The van der Waals surface area contributed by atoms with E-state index in [9.17, 15) is 14.4 Å². The molecule has 26 heavy (non-hydrogen) atoms. The Kier molecular flexibility index (Phi) is 5.74. The average Bonchev–Trinajstić information content (AvgIpc) is 2.87. The van der Waals surface area contributed by atoms with Gasteiger partial charge < -0.3 is 9.47 Å². The third-order valence-electron chi connectivity index (χ3n) is 4.09. The predicted octanol–water partition coefficient (Wildman–Crippen LogP) is 3.33. The SMILES string of the molecule is CC(C)(C)OC(=O)C(C)(C)CC(=O)N1C(=O)OC[C@H]1Cc1ccccc1. The molecule has 0 radical (unpaired) electrons. The highest BCUT2D eigenvalue weighted by Crippen LogP contribution is 2.28. The fourth-order valence-corrected chi connectivity index (χ4v) is 2.75. The number of amides is 2. The molecule has 0 spiro atoms. The van der Waals surface area contributed by atoms with Crippen molar-refractivity contribution in [3.63, 3.8) is 0 Å². The summed E-state index contributed by atoms with van der Waals surface area (Å²) in [5.74, 6) is -0.894. The Morgan fingerprint density at radius 1 is 1.15 bits per heavy atom. The summed E-state index contributed by atoms with van der Waals surface area (Å²) < 4.78 is 10.5. The summed E-state index contributed by atoms with van der Waals surface area (Å²) in [5, 5.41) is 0. The number of carbonyl (C=O) groups excluding carboxylic acids is 3. The number of rotatable bonds is 5. The van der Waals surface area contributed by atoms with Gasteiger partial charge in [-0.15, -0.1) is 0 Å². The molecule has 1 aliphatic heterocycles. The van der Waals surface area contributed by atoms with E-state index in [1.807, 2.05) is 30.3 Å². The molecule has 1 aliphatic rings. The molecule has 0 unspecified atom stereocenters. The summed E-state index contributed by atoms with van der Waals surface area (Å²) in [6, 6.07) is 9.24. The van der Waals surface area contributed by atoms with Gasteiger partial charge in [-0.2, -0.15) is 0 Å². The molecule has 0 aliphatic carbocycles. The summed E-state index contributed by atoms with van der Waals surface area (Å²) in [6.45, 7) is 8.77. The second kappa shape index (κ2) is 7.48. The molecule has 2 rings (SSSR count). The van der Waals surface area contributed by atoms with Gasteiger partial charge in [-0.05, 0) is 46.6 Å². The van der Waals surface area contributed by atoms with Crippen LogP contribution in [0.5, 0.6) is 0 Å². The first-order valence-corrected chi connectivity index (χ1v) is 8.76. The van der Waals surface area contributed by atoms with E-state index >= 15 is 0 Å². The standard InChI is InChI=1S/C20H27NO5/c1-19(2,3)26-17(23)20(4,5)12-16(22)21-15(13-25-18(21)24)11-14-9-7-6-8-10-14/h6-10,15H,11-13H2,1-5H3/t15-/m1/s1. The van der Waals surface area contributed by atoms with E-state index in [1.54, 1.807) is 34.6 Å². The Bertz CT molecular complexity index is 675. The number of nitrogens with zero attached hydrogens (tertiary/aromatic N) is 1. The summed E-state index contributed by atoms with van der Waals surface area (Å²) in [5.41, 5.74) is -0.662.